The summed E-state index contributed by atoms with van der Waals surface area (Å²) in [6.07, 6.45) is 1.78. The van der Waals surface area contributed by atoms with Gasteiger partial charge in [-0.2, -0.15) is 0 Å². The Morgan fingerprint density at radius 1 is 1.00 bits per heavy atom. The topological polar surface area (TPSA) is 53.1 Å². The first-order valence-electron chi connectivity index (χ1n) is 9.69. The van der Waals surface area contributed by atoms with E-state index in [1.165, 1.54) is 10.9 Å². The summed E-state index contributed by atoms with van der Waals surface area (Å²) in [6.45, 7) is 3.01. The highest BCUT2D eigenvalue weighted by atomic mass is 16.5. The fourth-order valence-corrected chi connectivity index (χ4v) is 3.79. The molecule has 0 bridgehead atoms. The number of hydrogen-bond acceptors (Lipinski definition) is 6. The number of pyridine rings is 1. The standard InChI is InChI=1S/C23H26N2O4/c1-26-19-7-6-16-12-18(5-4-17(16)13-19)22-15-25(10-11-29-22)14-20-23(28-3)21(27-2)8-9-24-20/h4-9,12-13,22H,10-11,14-15H2,1-3H3/t22-/m0/s1. The number of fused-ring (bicyclic) bond motifs is 1. The van der Waals surface area contributed by atoms with Crippen LogP contribution >= 0.6 is 0 Å². The minimum Gasteiger partial charge on any atom is -0.497 e. The number of ether oxygens (including phenoxy) is 4. The monoisotopic (exact) mass is 394 g/mol. The molecule has 1 atom stereocenters. The van der Waals surface area contributed by atoms with Crippen molar-refractivity contribution in [2.24, 2.45) is 0 Å². The van der Waals surface area contributed by atoms with Gasteiger partial charge < -0.3 is 18.9 Å². The fourth-order valence-electron chi connectivity index (χ4n) is 3.79. The maximum atomic E-state index is 6.08. The Bertz CT molecular complexity index is 992. The van der Waals surface area contributed by atoms with Crippen LogP contribution in [-0.4, -0.2) is 50.9 Å². The van der Waals surface area contributed by atoms with Gasteiger partial charge in [-0.3, -0.25) is 9.88 Å². The van der Waals surface area contributed by atoms with Crippen LogP contribution in [0, 0.1) is 0 Å². The van der Waals surface area contributed by atoms with Crippen molar-refractivity contribution in [3.05, 3.63) is 59.9 Å². The lowest BCUT2D eigenvalue weighted by molar-refractivity contribution is -0.0334. The Kier molecular flexibility index (Phi) is 5.83. The highest BCUT2D eigenvalue weighted by Crippen LogP contribution is 2.32. The van der Waals surface area contributed by atoms with Crippen molar-refractivity contribution in [3.63, 3.8) is 0 Å². The molecule has 4 rings (SSSR count). The summed E-state index contributed by atoms with van der Waals surface area (Å²) in [5, 5.41) is 2.34. The first-order valence-corrected chi connectivity index (χ1v) is 9.69. The van der Waals surface area contributed by atoms with Crippen molar-refractivity contribution in [1.29, 1.82) is 0 Å². The van der Waals surface area contributed by atoms with Gasteiger partial charge in [-0.05, 0) is 34.5 Å². The van der Waals surface area contributed by atoms with Crippen LogP contribution < -0.4 is 14.2 Å². The van der Waals surface area contributed by atoms with Crippen LogP contribution in [0.1, 0.15) is 17.4 Å². The SMILES string of the molecule is COc1ccc2cc([C@@H]3CN(Cc4nccc(OC)c4OC)CCO3)ccc2c1. The lowest BCUT2D eigenvalue weighted by atomic mass is 10.0. The van der Waals surface area contributed by atoms with Crippen LogP contribution in [0.2, 0.25) is 0 Å². The van der Waals surface area contributed by atoms with E-state index in [0.717, 1.165) is 29.9 Å². The van der Waals surface area contributed by atoms with E-state index in [4.69, 9.17) is 18.9 Å². The van der Waals surface area contributed by atoms with E-state index in [9.17, 15) is 0 Å². The summed E-state index contributed by atoms with van der Waals surface area (Å²) in [5.74, 6) is 2.26. The number of methoxy groups -OCH3 is 3. The quantitative estimate of drug-likeness (QED) is 0.633. The third kappa shape index (κ3) is 4.13. The van der Waals surface area contributed by atoms with Crippen LogP contribution in [0.4, 0.5) is 0 Å². The average molecular weight is 394 g/mol. The van der Waals surface area contributed by atoms with Crippen molar-refractivity contribution in [2.45, 2.75) is 12.6 Å². The van der Waals surface area contributed by atoms with E-state index in [0.29, 0.717) is 24.7 Å². The molecule has 0 spiro atoms. The van der Waals surface area contributed by atoms with Crippen LogP contribution in [0.15, 0.2) is 48.7 Å². The molecule has 2 aromatic carbocycles. The average Bonchev–Trinajstić information content (AvgIpc) is 2.78. The number of morpholine rings is 1. The van der Waals surface area contributed by atoms with Gasteiger partial charge in [0.15, 0.2) is 11.5 Å². The van der Waals surface area contributed by atoms with Gasteiger partial charge in [-0.25, -0.2) is 0 Å². The van der Waals surface area contributed by atoms with Gasteiger partial charge in [-0.1, -0.05) is 18.2 Å². The van der Waals surface area contributed by atoms with E-state index in [1.807, 2.05) is 18.2 Å². The zero-order chi connectivity index (χ0) is 20.2. The number of nitrogens with zero attached hydrogens (tertiary/aromatic N) is 2. The lowest BCUT2D eigenvalue weighted by Gasteiger charge is -2.33. The molecule has 6 heteroatoms. The molecule has 2 heterocycles. The Hall–Kier alpha value is -2.83. The second-order valence-electron chi connectivity index (χ2n) is 7.06. The molecular weight excluding hydrogens is 368 g/mol. The molecule has 1 aromatic heterocycles. The second-order valence-corrected chi connectivity index (χ2v) is 7.06. The van der Waals surface area contributed by atoms with E-state index >= 15 is 0 Å². The smallest absolute Gasteiger partial charge is 0.183 e. The first kappa shape index (κ1) is 19.5. The van der Waals surface area contributed by atoms with Crippen molar-refractivity contribution in [2.75, 3.05) is 41.0 Å². The molecule has 0 saturated carbocycles. The van der Waals surface area contributed by atoms with Gasteiger partial charge >= 0.3 is 0 Å². The summed E-state index contributed by atoms with van der Waals surface area (Å²) < 4.78 is 22.3. The third-order valence-electron chi connectivity index (χ3n) is 5.33. The van der Waals surface area contributed by atoms with Crippen LogP contribution in [0.25, 0.3) is 10.8 Å². The van der Waals surface area contributed by atoms with E-state index < -0.39 is 0 Å². The molecule has 1 saturated heterocycles. The normalized spacial score (nSPS) is 17.3. The number of hydrogen-bond donors (Lipinski definition) is 0. The summed E-state index contributed by atoms with van der Waals surface area (Å²) in [5.41, 5.74) is 2.05. The summed E-state index contributed by atoms with van der Waals surface area (Å²) in [4.78, 5) is 6.85. The van der Waals surface area contributed by atoms with Gasteiger partial charge in [-0.15, -0.1) is 0 Å². The maximum absolute atomic E-state index is 6.08. The first-order chi connectivity index (χ1) is 14.2. The number of aromatic nitrogens is 1. The zero-order valence-electron chi connectivity index (χ0n) is 17.1. The molecule has 1 aliphatic heterocycles. The molecule has 0 N–H and O–H groups in total. The van der Waals surface area contributed by atoms with Gasteiger partial charge in [0.2, 0.25) is 0 Å². The third-order valence-corrected chi connectivity index (χ3v) is 5.33. The lowest BCUT2D eigenvalue weighted by Crippen LogP contribution is -2.38. The van der Waals surface area contributed by atoms with Gasteiger partial charge in [0.1, 0.15) is 11.4 Å². The fraction of sp³-hybridized carbons (Fsp3) is 0.348. The summed E-state index contributed by atoms with van der Waals surface area (Å²) >= 11 is 0. The van der Waals surface area contributed by atoms with Crippen molar-refractivity contribution < 1.29 is 18.9 Å². The molecule has 1 aliphatic rings. The summed E-state index contributed by atoms with van der Waals surface area (Å²) in [6, 6.07) is 14.4. The largest absolute Gasteiger partial charge is 0.497 e. The van der Waals surface area contributed by atoms with Crippen molar-refractivity contribution in [1.82, 2.24) is 9.88 Å². The molecule has 29 heavy (non-hydrogen) atoms. The molecule has 0 unspecified atom stereocenters. The molecule has 0 aliphatic carbocycles. The van der Waals surface area contributed by atoms with Crippen molar-refractivity contribution >= 4 is 10.8 Å². The molecule has 6 nitrogen and oxygen atoms in total. The molecule has 0 radical (unpaired) electrons. The van der Waals surface area contributed by atoms with E-state index in [2.05, 4.69) is 34.1 Å². The van der Waals surface area contributed by atoms with E-state index in [1.54, 1.807) is 27.5 Å². The summed E-state index contributed by atoms with van der Waals surface area (Å²) in [7, 11) is 4.98. The van der Waals surface area contributed by atoms with Crippen molar-refractivity contribution in [3.8, 4) is 17.2 Å². The Morgan fingerprint density at radius 2 is 1.83 bits per heavy atom. The molecular formula is C23H26N2O4. The molecule has 3 aromatic rings. The minimum atomic E-state index is 0.0202. The number of rotatable bonds is 6. The Morgan fingerprint density at radius 3 is 2.62 bits per heavy atom. The molecule has 1 fully saturated rings. The number of benzene rings is 2. The maximum Gasteiger partial charge on any atom is 0.183 e. The predicted molar refractivity (Wildman–Crippen MR) is 112 cm³/mol. The highest BCUT2D eigenvalue weighted by molar-refractivity contribution is 5.84. The van der Waals surface area contributed by atoms with Crippen LogP contribution in [0.5, 0.6) is 17.2 Å². The Balaban J connectivity index is 1.52. The second kappa shape index (κ2) is 8.68. The predicted octanol–water partition coefficient (Wildman–Crippen LogP) is 3.83. The minimum absolute atomic E-state index is 0.0202. The van der Waals surface area contributed by atoms with Gasteiger partial charge in [0, 0.05) is 31.9 Å². The molecule has 152 valence electrons. The molecule has 0 amide bonds. The Labute approximate surface area is 171 Å². The van der Waals surface area contributed by atoms with Crippen LogP contribution in [0.3, 0.4) is 0 Å². The van der Waals surface area contributed by atoms with E-state index in [-0.39, 0.29) is 6.10 Å². The zero-order valence-corrected chi connectivity index (χ0v) is 17.1. The van der Waals surface area contributed by atoms with Gasteiger partial charge in [0.05, 0.1) is 34.0 Å². The van der Waals surface area contributed by atoms with Crippen LogP contribution in [-0.2, 0) is 11.3 Å². The van der Waals surface area contributed by atoms with Gasteiger partial charge in [0.25, 0.3) is 0 Å². The highest BCUT2D eigenvalue weighted by Gasteiger charge is 2.24.